The topological polar surface area (TPSA) is 90.1 Å². The van der Waals surface area contributed by atoms with E-state index in [2.05, 4.69) is 15.3 Å². The van der Waals surface area contributed by atoms with Gasteiger partial charge in [-0.05, 0) is 39.5 Å². The van der Waals surface area contributed by atoms with E-state index in [9.17, 15) is 4.79 Å². The summed E-state index contributed by atoms with van der Waals surface area (Å²) in [6, 6.07) is 0.685. The molecule has 0 spiro atoms. The lowest BCUT2D eigenvalue weighted by Gasteiger charge is -2.26. The van der Waals surface area contributed by atoms with Crippen LogP contribution in [0, 0.1) is 6.92 Å². The molecular formula is C14H22N4O2. The molecule has 1 heterocycles. The highest BCUT2D eigenvalue weighted by Gasteiger charge is 2.19. The minimum absolute atomic E-state index is 0.321. The number of ether oxygens (including phenoxy) is 1. The maximum atomic E-state index is 11.7. The molecule has 1 fully saturated rings. The summed E-state index contributed by atoms with van der Waals surface area (Å²) in [4.78, 5) is 20.2. The summed E-state index contributed by atoms with van der Waals surface area (Å²) in [6.45, 7) is 3.91. The first kappa shape index (κ1) is 14.7. The van der Waals surface area contributed by atoms with Crippen LogP contribution in [-0.4, -0.2) is 34.6 Å². The Morgan fingerprint density at radius 3 is 2.75 bits per heavy atom. The van der Waals surface area contributed by atoms with Crippen LogP contribution in [-0.2, 0) is 4.74 Å². The summed E-state index contributed by atoms with van der Waals surface area (Å²) in [7, 11) is 0. The lowest BCUT2D eigenvalue weighted by Crippen LogP contribution is -2.33. The number of esters is 1. The first-order valence-corrected chi connectivity index (χ1v) is 7.13. The monoisotopic (exact) mass is 278 g/mol. The molecule has 0 radical (unpaired) electrons. The van der Waals surface area contributed by atoms with Crippen molar-refractivity contribution in [1.82, 2.24) is 9.97 Å². The zero-order valence-electron chi connectivity index (χ0n) is 12.1. The van der Waals surface area contributed by atoms with Crippen molar-refractivity contribution in [1.29, 1.82) is 0 Å². The van der Waals surface area contributed by atoms with Gasteiger partial charge in [-0.15, -0.1) is 0 Å². The third-order valence-electron chi connectivity index (χ3n) is 3.58. The van der Waals surface area contributed by atoms with Gasteiger partial charge in [-0.25, -0.2) is 14.8 Å². The molecule has 1 aromatic rings. The molecule has 2 rings (SSSR count). The highest BCUT2D eigenvalue weighted by Crippen LogP contribution is 2.20. The van der Waals surface area contributed by atoms with Gasteiger partial charge in [-0.2, -0.15) is 0 Å². The SMILES string of the molecule is CCOC(=O)c1cnc(NC2CCC(N)CC2)nc1C. The lowest BCUT2D eigenvalue weighted by atomic mass is 9.92. The fourth-order valence-corrected chi connectivity index (χ4v) is 2.39. The van der Waals surface area contributed by atoms with Gasteiger partial charge in [0.15, 0.2) is 0 Å². The predicted octanol–water partition coefficient (Wildman–Crippen LogP) is 1.64. The average Bonchev–Trinajstić information content (AvgIpc) is 2.42. The van der Waals surface area contributed by atoms with E-state index in [1.54, 1.807) is 13.8 Å². The van der Waals surface area contributed by atoms with Gasteiger partial charge in [-0.1, -0.05) is 0 Å². The molecule has 0 aromatic carbocycles. The number of carbonyl (C=O) groups is 1. The number of nitrogens with one attached hydrogen (secondary N) is 1. The number of anilines is 1. The first-order valence-electron chi connectivity index (χ1n) is 7.13. The van der Waals surface area contributed by atoms with Crippen LogP contribution in [0.1, 0.15) is 48.7 Å². The Balaban J connectivity index is 2.00. The van der Waals surface area contributed by atoms with E-state index in [1.807, 2.05) is 0 Å². The molecule has 1 saturated carbocycles. The van der Waals surface area contributed by atoms with Crippen LogP contribution in [0.2, 0.25) is 0 Å². The van der Waals surface area contributed by atoms with Crippen LogP contribution in [0.3, 0.4) is 0 Å². The molecule has 0 saturated heterocycles. The van der Waals surface area contributed by atoms with E-state index in [0.717, 1.165) is 25.7 Å². The van der Waals surface area contributed by atoms with Crippen molar-refractivity contribution in [2.75, 3.05) is 11.9 Å². The Bertz CT molecular complexity index is 470. The van der Waals surface area contributed by atoms with E-state index in [0.29, 0.717) is 35.9 Å². The van der Waals surface area contributed by atoms with E-state index in [1.165, 1.54) is 6.20 Å². The normalized spacial score (nSPS) is 22.4. The van der Waals surface area contributed by atoms with Crippen molar-refractivity contribution < 1.29 is 9.53 Å². The zero-order chi connectivity index (χ0) is 14.5. The van der Waals surface area contributed by atoms with Gasteiger partial charge in [-0.3, -0.25) is 0 Å². The second-order valence-corrected chi connectivity index (χ2v) is 5.17. The number of aryl methyl sites for hydroxylation is 1. The van der Waals surface area contributed by atoms with Crippen molar-refractivity contribution in [3.63, 3.8) is 0 Å². The number of aromatic nitrogens is 2. The summed E-state index contributed by atoms with van der Waals surface area (Å²) in [5, 5.41) is 3.31. The average molecular weight is 278 g/mol. The van der Waals surface area contributed by atoms with Crippen LogP contribution in [0.5, 0.6) is 0 Å². The molecular weight excluding hydrogens is 256 g/mol. The van der Waals surface area contributed by atoms with Crippen molar-refractivity contribution in [3.8, 4) is 0 Å². The van der Waals surface area contributed by atoms with Gasteiger partial charge in [0.2, 0.25) is 5.95 Å². The molecule has 3 N–H and O–H groups in total. The highest BCUT2D eigenvalue weighted by molar-refractivity contribution is 5.90. The van der Waals surface area contributed by atoms with Gasteiger partial charge in [0.25, 0.3) is 0 Å². The Labute approximate surface area is 119 Å². The second-order valence-electron chi connectivity index (χ2n) is 5.17. The number of nitrogens with zero attached hydrogens (tertiary/aromatic N) is 2. The molecule has 0 bridgehead atoms. The first-order chi connectivity index (χ1) is 9.60. The highest BCUT2D eigenvalue weighted by atomic mass is 16.5. The minimum Gasteiger partial charge on any atom is -0.462 e. The van der Waals surface area contributed by atoms with Gasteiger partial charge in [0.1, 0.15) is 0 Å². The summed E-state index contributed by atoms with van der Waals surface area (Å²) < 4.78 is 4.96. The van der Waals surface area contributed by atoms with Crippen molar-refractivity contribution in [2.24, 2.45) is 5.73 Å². The third-order valence-corrected chi connectivity index (χ3v) is 3.58. The van der Waals surface area contributed by atoms with Crippen LogP contribution in [0.25, 0.3) is 0 Å². The van der Waals surface area contributed by atoms with Crippen molar-refractivity contribution >= 4 is 11.9 Å². The summed E-state index contributed by atoms with van der Waals surface area (Å²) in [5.41, 5.74) is 6.94. The number of rotatable bonds is 4. The molecule has 20 heavy (non-hydrogen) atoms. The van der Waals surface area contributed by atoms with Gasteiger partial charge >= 0.3 is 5.97 Å². The quantitative estimate of drug-likeness (QED) is 0.814. The number of carbonyl (C=O) groups excluding carboxylic acids is 1. The molecule has 1 aliphatic rings. The van der Waals surface area contributed by atoms with Gasteiger partial charge in [0, 0.05) is 18.3 Å². The van der Waals surface area contributed by atoms with E-state index in [-0.39, 0.29) is 5.97 Å². The Hall–Kier alpha value is -1.69. The van der Waals surface area contributed by atoms with Crippen LogP contribution < -0.4 is 11.1 Å². The van der Waals surface area contributed by atoms with Crippen molar-refractivity contribution in [3.05, 3.63) is 17.5 Å². The van der Waals surface area contributed by atoms with E-state index in [4.69, 9.17) is 10.5 Å². The largest absolute Gasteiger partial charge is 0.462 e. The molecule has 0 atom stereocenters. The van der Waals surface area contributed by atoms with Gasteiger partial charge < -0.3 is 15.8 Å². The lowest BCUT2D eigenvalue weighted by molar-refractivity contribution is 0.0524. The third kappa shape index (κ3) is 3.66. The molecule has 1 aromatic heterocycles. The molecule has 0 aliphatic heterocycles. The van der Waals surface area contributed by atoms with Crippen LogP contribution >= 0.6 is 0 Å². The van der Waals surface area contributed by atoms with Crippen LogP contribution in [0.15, 0.2) is 6.20 Å². The number of hydrogen-bond acceptors (Lipinski definition) is 6. The fourth-order valence-electron chi connectivity index (χ4n) is 2.39. The fraction of sp³-hybridized carbons (Fsp3) is 0.643. The molecule has 6 heteroatoms. The maximum absolute atomic E-state index is 11.7. The van der Waals surface area contributed by atoms with Gasteiger partial charge in [0.05, 0.1) is 17.9 Å². The summed E-state index contributed by atoms with van der Waals surface area (Å²) in [6.07, 6.45) is 5.64. The Kier molecular flexibility index (Phi) is 4.89. The summed E-state index contributed by atoms with van der Waals surface area (Å²) >= 11 is 0. The molecule has 1 aliphatic carbocycles. The molecule has 110 valence electrons. The predicted molar refractivity (Wildman–Crippen MR) is 76.6 cm³/mol. The number of hydrogen-bond donors (Lipinski definition) is 2. The standard InChI is InChI=1S/C14H22N4O2/c1-3-20-13(19)12-8-16-14(17-9(12)2)18-11-6-4-10(15)5-7-11/h8,10-11H,3-7,15H2,1-2H3,(H,16,17,18). The Morgan fingerprint density at radius 1 is 1.45 bits per heavy atom. The minimum atomic E-state index is -0.375. The van der Waals surface area contributed by atoms with Crippen molar-refractivity contribution in [2.45, 2.75) is 51.6 Å². The smallest absolute Gasteiger partial charge is 0.341 e. The van der Waals surface area contributed by atoms with E-state index >= 15 is 0 Å². The van der Waals surface area contributed by atoms with E-state index < -0.39 is 0 Å². The Morgan fingerprint density at radius 2 is 2.15 bits per heavy atom. The zero-order valence-corrected chi connectivity index (χ0v) is 12.1. The number of nitrogens with two attached hydrogens (primary N) is 1. The summed E-state index contributed by atoms with van der Waals surface area (Å²) in [5.74, 6) is 0.191. The molecule has 0 amide bonds. The molecule has 6 nitrogen and oxygen atoms in total. The molecule has 0 unspecified atom stereocenters. The second kappa shape index (κ2) is 6.65. The van der Waals surface area contributed by atoms with Crippen LogP contribution in [0.4, 0.5) is 5.95 Å². The maximum Gasteiger partial charge on any atom is 0.341 e.